The lowest BCUT2D eigenvalue weighted by molar-refractivity contribution is -0.127. The fourth-order valence-electron chi connectivity index (χ4n) is 8.97. The van der Waals surface area contributed by atoms with Crippen LogP contribution in [0.2, 0.25) is 0 Å². The Kier molecular flexibility index (Phi) is 2.56. The van der Waals surface area contributed by atoms with Crippen molar-refractivity contribution in [3.8, 4) is 0 Å². The first kappa shape index (κ1) is 14.1. The van der Waals surface area contributed by atoms with Gasteiger partial charge in [-0.3, -0.25) is 4.79 Å². The zero-order valence-electron chi connectivity index (χ0n) is 14.7. The van der Waals surface area contributed by atoms with E-state index in [1.54, 1.807) is 6.42 Å². The molecule has 4 unspecified atom stereocenters. The number of fused-ring (bicyclic) bond motifs is 5. The minimum Gasteiger partial charge on any atom is -0.300 e. The molecule has 0 bridgehead atoms. The highest BCUT2D eigenvalue weighted by atomic mass is 16.1. The van der Waals surface area contributed by atoms with E-state index in [9.17, 15) is 4.79 Å². The first-order valence-corrected chi connectivity index (χ1v) is 9.94. The number of hydrogen-bond donors (Lipinski definition) is 0. The van der Waals surface area contributed by atoms with Crippen LogP contribution in [0.1, 0.15) is 78.6 Å². The summed E-state index contributed by atoms with van der Waals surface area (Å²) >= 11 is 0. The summed E-state index contributed by atoms with van der Waals surface area (Å²) in [7, 11) is 0. The van der Waals surface area contributed by atoms with Gasteiger partial charge in [-0.2, -0.15) is 0 Å². The van der Waals surface area contributed by atoms with E-state index >= 15 is 0 Å². The van der Waals surface area contributed by atoms with E-state index in [4.69, 9.17) is 0 Å². The maximum atomic E-state index is 12.2. The molecule has 0 aromatic rings. The van der Waals surface area contributed by atoms with Crippen molar-refractivity contribution >= 4 is 5.78 Å². The van der Waals surface area contributed by atoms with Crippen LogP contribution < -0.4 is 0 Å². The van der Waals surface area contributed by atoms with Crippen LogP contribution in [0.15, 0.2) is 0 Å². The molecule has 0 saturated heterocycles. The standard InChI is InChI=1S/C21H32O/c1-13(22)14-6-7-15-18-16(8-11-19(14,15)2)20(3)9-4-5-10-21(20)12-17(18)21/h14-18H,4-12H2,1-3H3/t14-,15?,16?,17?,18+,19-,20-,21?/m1/s1. The van der Waals surface area contributed by atoms with Gasteiger partial charge in [-0.05, 0) is 91.8 Å². The Morgan fingerprint density at radius 3 is 2.45 bits per heavy atom. The van der Waals surface area contributed by atoms with Crippen LogP contribution in [0.5, 0.6) is 0 Å². The minimum absolute atomic E-state index is 0.348. The highest BCUT2D eigenvalue weighted by Gasteiger charge is 2.78. The van der Waals surface area contributed by atoms with Gasteiger partial charge in [0.05, 0.1) is 0 Å². The van der Waals surface area contributed by atoms with Crippen molar-refractivity contribution in [2.75, 3.05) is 0 Å². The Morgan fingerprint density at radius 2 is 1.68 bits per heavy atom. The molecule has 22 heavy (non-hydrogen) atoms. The predicted octanol–water partition coefficient (Wildman–Crippen LogP) is 5.23. The van der Waals surface area contributed by atoms with Gasteiger partial charge in [0.15, 0.2) is 0 Å². The Morgan fingerprint density at radius 1 is 0.909 bits per heavy atom. The van der Waals surface area contributed by atoms with Crippen molar-refractivity contribution in [1.82, 2.24) is 0 Å². The minimum atomic E-state index is 0.348. The van der Waals surface area contributed by atoms with Crippen LogP contribution in [0.3, 0.4) is 0 Å². The number of hydrogen-bond acceptors (Lipinski definition) is 1. The van der Waals surface area contributed by atoms with Gasteiger partial charge in [-0.1, -0.05) is 26.7 Å². The van der Waals surface area contributed by atoms with Gasteiger partial charge in [-0.25, -0.2) is 0 Å². The second-order valence-electron chi connectivity index (χ2n) is 10.2. The molecule has 0 radical (unpaired) electrons. The van der Waals surface area contributed by atoms with Crippen LogP contribution in [-0.2, 0) is 4.79 Å². The number of rotatable bonds is 1. The molecule has 0 heterocycles. The number of Topliss-reactive ketones (excluding diaryl/α,β-unsaturated/α-hetero) is 1. The molecule has 0 aromatic carbocycles. The summed E-state index contributed by atoms with van der Waals surface area (Å²) in [5.41, 5.74) is 1.76. The third-order valence-corrected chi connectivity index (χ3v) is 9.95. The van der Waals surface area contributed by atoms with E-state index in [1.807, 2.05) is 6.92 Å². The number of ketones is 1. The molecule has 0 aromatic heterocycles. The highest BCUT2D eigenvalue weighted by molar-refractivity contribution is 5.79. The zero-order valence-corrected chi connectivity index (χ0v) is 14.7. The maximum Gasteiger partial charge on any atom is 0.133 e. The Balaban J connectivity index is 1.54. The molecular weight excluding hydrogens is 268 g/mol. The maximum absolute atomic E-state index is 12.2. The van der Waals surface area contributed by atoms with Crippen molar-refractivity contribution in [1.29, 1.82) is 0 Å². The Bertz CT molecular complexity index is 538. The fraction of sp³-hybridized carbons (Fsp3) is 0.952. The molecule has 5 rings (SSSR count). The number of carbonyl (C=O) groups excluding carboxylic acids is 1. The SMILES string of the molecule is CC(=O)[C@H]1CCC2[C@@H]3C4CC45CCCC[C@]5(C)C3CC[C@@]21C. The third kappa shape index (κ3) is 1.33. The first-order chi connectivity index (χ1) is 10.4. The lowest BCUT2D eigenvalue weighted by Crippen LogP contribution is -2.46. The average Bonchev–Trinajstić information content (AvgIpc) is 2.99. The molecule has 5 aliphatic rings. The zero-order chi connectivity index (χ0) is 15.3. The largest absolute Gasteiger partial charge is 0.300 e. The third-order valence-electron chi connectivity index (χ3n) is 9.95. The van der Waals surface area contributed by atoms with Crippen molar-refractivity contribution in [3.05, 3.63) is 0 Å². The summed E-state index contributed by atoms with van der Waals surface area (Å²) < 4.78 is 0. The van der Waals surface area contributed by atoms with Crippen LogP contribution >= 0.6 is 0 Å². The molecule has 0 aliphatic heterocycles. The van der Waals surface area contributed by atoms with Gasteiger partial charge in [0, 0.05) is 5.92 Å². The van der Waals surface area contributed by atoms with Gasteiger partial charge in [-0.15, -0.1) is 0 Å². The van der Waals surface area contributed by atoms with E-state index in [0.717, 1.165) is 29.1 Å². The van der Waals surface area contributed by atoms with Gasteiger partial charge < -0.3 is 0 Å². The van der Waals surface area contributed by atoms with Crippen LogP contribution in [0.4, 0.5) is 0 Å². The predicted molar refractivity (Wildman–Crippen MR) is 88.3 cm³/mol. The normalized spacial score (nSPS) is 61.9. The second-order valence-corrected chi connectivity index (χ2v) is 10.2. The first-order valence-electron chi connectivity index (χ1n) is 9.94. The van der Waals surface area contributed by atoms with Gasteiger partial charge in [0.25, 0.3) is 0 Å². The quantitative estimate of drug-likeness (QED) is 0.647. The van der Waals surface area contributed by atoms with Crippen molar-refractivity contribution in [3.63, 3.8) is 0 Å². The van der Waals surface area contributed by atoms with Crippen LogP contribution in [0.25, 0.3) is 0 Å². The summed E-state index contributed by atoms with van der Waals surface area (Å²) in [4.78, 5) is 12.2. The Labute approximate surface area is 135 Å². The van der Waals surface area contributed by atoms with E-state index in [0.29, 0.717) is 22.5 Å². The summed E-state index contributed by atoms with van der Waals surface area (Å²) in [6.07, 6.45) is 12.8. The van der Waals surface area contributed by atoms with Crippen LogP contribution in [-0.4, -0.2) is 5.78 Å². The smallest absolute Gasteiger partial charge is 0.133 e. The summed E-state index contributed by atoms with van der Waals surface area (Å²) in [6.45, 7) is 7.03. The number of carbonyl (C=O) groups is 1. The molecule has 0 N–H and O–H groups in total. The van der Waals surface area contributed by atoms with E-state index in [-0.39, 0.29) is 0 Å². The van der Waals surface area contributed by atoms with Gasteiger partial charge >= 0.3 is 0 Å². The van der Waals surface area contributed by atoms with Gasteiger partial charge in [0.2, 0.25) is 0 Å². The summed E-state index contributed by atoms with van der Waals surface area (Å²) in [5, 5.41) is 0. The average molecular weight is 300 g/mol. The van der Waals surface area contributed by atoms with Crippen molar-refractivity contribution in [2.24, 2.45) is 45.8 Å². The molecule has 1 nitrogen and oxygen atoms in total. The molecule has 0 amide bonds. The van der Waals surface area contributed by atoms with E-state index in [1.165, 1.54) is 51.4 Å². The second kappa shape index (κ2) is 4.01. The van der Waals surface area contributed by atoms with Crippen LogP contribution in [0, 0.1) is 45.8 Å². The lowest BCUT2D eigenvalue weighted by atomic mass is 9.52. The van der Waals surface area contributed by atoms with Gasteiger partial charge in [0.1, 0.15) is 5.78 Å². The summed E-state index contributed by atoms with van der Waals surface area (Å²) in [6, 6.07) is 0. The molecule has 5 saturated carbocycles. The molecule has 5 fully saturated rings. The molecular formula is C21H32O. The monoisotopic (exact) mass is 300 g/mol. The molecule has 1 heteroatoms. The van der Waals surface area contributed by atoms with E-state index in [2.05, 4.69) is 13.8 Å². The highest BCUT2D eigenvalue weighted by Crippen LogP contribution is 2.85. The van der Waals surface area contributed by atoms with E-state index < -0.39 is 0 Å². The molecule has 122 valence electrons. The topological polar surface area (TPSA) is 17.1 Å². The molecule has 5 aliphatic carbocycles. The van der Waals surface area contributed by atoms with Crippen molar-refractivity contribution in [2.45, 2.75) is 78.6 Å². The lowest BCUT2D eigenvalue weighted by Gasteiger charge is -2.52. The Hall–Kier alpha value is -0.330. The summed E-state index contributed by atoms with van der Waals surface area (Å²) in [5.74, 6) is 4.74. The van der Waals surface area contributed by atoms with Crippen molar-refractivity contribution < 1.29 is 4.79 Å². The molecule has 1 spiro atoms. The molecule has 8 atom stereocenters. The fourth-order valence-corrected chi connectivity index (χ4v) is 8.97.